The molecule has 0 bridgehead atoms. The number of aromatic nitrogens is 2. The van der Waals surface area contributed by atoms with E-state index in [0.29, 0.717) is 18.0 Å². The maximum absolute atomic E-state index is 12.7. The number of hydrogen-bond donors (Lipinski definition) is 1. The van der Waals surface area contributed by atoms with Gasteiger partial charge in [0.15, 0.2) is 0 Å². The van der Waals surface area contributed by atoms with Crippen LogP contribution in [0.25, 0.3) is 10.7 Å². The molecule has 0 aromatic carbocycles. The van der Waals surface area contributed by atoms with E-state index < -0.39 is 0 Å². The van der Waals surface area contributed by atoms with Crippen LogP contribution in [0.4, 0.5) is 0 Å². The Morgan fingerprint density at radius 1 is 1.33 bits per heavy atom. The van der Waals surface area contributed by atoms with Crippen molar-refractivity contribution >= 4 is 42.1 Å². The molecule has 1 unspecified atom stereocenters. The van der Waals surface area contributed by atoms with Crippen LogP contribution in [0.2, 0.25) is 0 Å². The predicted molar refractivity (Wildman–Crippen MR) is 102 cm³/mol. The van der Waals surface area contributed by atoms with Crippen molar-refractivity contribution in [2.75, 3.05) is 13.1 Å². The lowest BCUT2D eigenvalue weighted by molar-refractivity contribution is 0.0537. The monoisotopic (exact) mass is 388 g/mol. The van der Waals surface area contributed by atoms with Gasteiger partial charge in [0.2, 0.25) is 0 Å². The van der Waals surface area contributed by atoms with Gasteiger partial charge in [-0.15, -0.1) is 36.2 Å². The van der Waals surface area contributed by atoms with Gasteiger partial charge in [0.25, 0.3) is 5.91 Å². The second-order valence-electron chi connectivity index (χ2n) is 6.36. The number of piperidine rings is 1. The summed E-state index contributed by atoms with van der Waals surface area (Å²) in [5.41, 5.74) is 6.88. The number of thiazole rings is 1. The topological polar surface area (TPSA) is 72.1 Å². The Morgan fingerprint density at radius 2 is 2.08 bits per heavy atom. The SMILES string of the molecule is CC1(C)CN(C(=O)c2cnc(-c3ccccn3)s2)CCC1N.Cl.Cl. The van der Waals surface area contributed by atoms with Crippen LogP contribution in [0.5, 0.6) is 0 Å². The number of likely N-dealkylation sites (tertiary alicyclic amines) is 1. The summed E-state index contributed by atoms with van der Waals surface area (Å²) in [6, 6.07) is 5.82. The van der Waals surface area contributed by atoms with Crippen molar-refractivity contribution in [2.45, 2.75) is 26.3 Å². The van der Waals surface area contributed by atoms with Crippen LogP contribution in [0.1, 0.15) is 29.9 Å². The number of halogens is 2. The fraction of sp³-hybridized carbons (Fsp3) is 0.438. The number of amides is 1. The van der Waals surface area contributed by atoms with Gasteiger partial charge in [-0.05, 0) is 24.0 Å². The second-order valence-corrected chi connectivity index (χ2v) is 7.39. The van der Waals surface area contributed by atoms with Gasteiger partial charge in [-0.1, -0.05) is 19.9 Å². The van der Waals surface area contributed by atoms with Crippen LogP contribution in [-0.2, 0) is 0 Å². The number of hydrogen-bond acceptors (Lipinski definition) is 5. The number of carbonyl (C=O) groups excluding carboxylic acids is 1. The quantitative estimate of drug-likeness (QED) is 0.856. The average molecular weight is 389 g/mol. The highest BCUT2D eigenvalue weighted by Crippen LogP contribution is 2.30. The number of nitrogens with zero attached hydrogens (tertiary/aromatic N) is 3. The van der Waals surface area contributed by atoms with E-state index in [-0.39, 0.29) is 42.2 Å². The minimum absolute atomic E-state index is 0. The predicted octanol–water partition coefficient (Wildman–Crippen LogP) is 3.25. The third-order valence-electron chi connectivity index (χ3n) is 4.20. The molecule has 0 spiro atoms. The Kier molecular flexibility index (Phi) is 7.16. The Labute approximate surface area is 158 Å². The molecule has 1 aliphatic heterocycles. The van der Waals surface area contributed by atoms with Crippen molar-refractivity contribution in [3.63, 3.8) is 0 Å². The highest BCUT2D eigenvalue weighted by atomic mass is 35.5. The highest BCUT2D eigenvalue weighted by molar-refractivity contribution is 7.16. The van der Waals surface area contributed by atoms with E-state index in [1.807, 2.05) is 23.1 Å². The largest absolute Gasteiger partial charge is 0.337 e. The van der Waals surface area contributed by atoms with E-state index >= 15 is 0 Å². The maximum atomic E-state index is 12.7. The van der Waals surface area contributed by atoms with E-state index in [1.54, 1.807) is 12.4 Å². The van der Waals surface area contributed by atoms with Crippen molar-refractivity contribution in [3.05, 3.63) is 35.5 Å². The molecular weight excluding hydrogens is 367 g/mol. The van der Waals surface area contributed by atoms with E-state index in [1.165, 1.54) is 11.3 Å². The zero-order valence-corrected chi connectivity index (χ0v) is 16.1. The van der Waals surface area contributed by atoms with Gasteiger partial charge in [0, 0.05) is 25.3 Å². The van der Waals surface area contributed by atoms with Gasteiger partial charge in [0.1, 0.15) is 9.88 Å². The highest BCUT2D eigenvalue weighted by Gasteiger charge is 2.36. The summed E-state index contributed by atoms with van der Waals surface area (Å²) in [6.45, 7) is 5.62. The molecule has 3 rings (SSSR count). The lowest BCUT2D eigenvalue weighted by atomic mass is 9.79. The van der Waals surface area contributed by atoms with Gasteiger partial charge in [-0.2, -0.15) is 0 Å². The zero-order chi connectivity index (χ0) is 15.7. The van der Waals surface area contributed by atoms with Gasteiger partial charge in [-0.25, -0.2) is 4.98 Å². The third-order valence-corrected chi connectivity index (χ3v) is 5.21. The molecule has 2 N–H and O–H groups in total. The molecule has 132 valence electrons. The van der Waals surface area contributed by atoms with Crippen molar-refractivity contribution in [3.8, 4) is 10.7 Å². The summed E-state index contributed by atoms with van der Waals surface area (Å²) in [5, 5.41) is 0.775. The molecule has 0 radical (unpaired) electrons. The molecule has 1 aliphatic rings. The first-order chi connectivity index (χ1) is 10.5. The van der Waals surface area contributed by atoms with Crippen LogP contribution < -0.4 is 5.73 Å². The van der Waals surface area contributed by atoms with Crippen molar-refractivity contribution in [1.29, 1.82) is 0 Å². The minimum atomic E-state index is -0.0532. The van der Waals surface area contributed by atoms with E-state index in [4.69, 9.17) is 5.73 Å². The van der Waals surface area contributed by atoms with Crippen LogP contribution in [0.15, 0.2) is 30.6 Å². The van der Waals surface area contributed by atoms with Crippen LogP contribution in [0.3, 0.4) is 0 Å². The first-order valence-corrected chi connectivity index (χ1v) is 8.21. The number of rotatable bonds is 2. The fourth-order valence-electron chi connectivity index (χ4n) is 2.68. The molecule has 3 heterocycles. The smallest absolute Gasteiger partial charge is 0.265 e. The Morgan fingerprint density at radius 3 is 2.71 bits per heavy atom. The number of carbonyl (C=O) groups is 1. The standard InChI is InChI=1S/C16H20N4OS.2ClH/c1-16(2)10-20(8-6-13(16)17)15(21)12-9-19-14(22-12)11-5-3-4-7-18-11;;/h3-5,7,9,13H,6,8,10,17H2,1-2H3;2*1H. The van der Waals surface area contributed by atoms with Crippen LogP contribution >= 0.6 is 36.2 Å². The van der Waals surface area contributed by atoms with Crippen LogP contribution in [0, 0.1) is 5.41 Å². The maximum Gasteiger partial charge on any atom is 0.265 e. The Balaban J connectivity index is 0.00000144. The first-order valence-electron chi connectivity index (χ1n) is 7.39. The lowest BCUT2D eigenvalue weighted by Gasteiger charge is -2.42. The molecule has 8 heteroatoms. The summed E-state index contributed by atoms with van der Waals surface area (Å²) in [6.07, 6.45) is 4.22. The molecule has 1 saturated heterocycles. The van der Waals surface area contributed by atoms with E-state index in [2.05, 4.69) is 23.8 Å². The average Bonchev–Trinajstić information content (AvgIpc) is 3.00. The van der Waals surface area contributed by atoms with Crippen molar-refractivity contribution in [1.82, 2.24) is 14.9 Å². The summed E-state index contributed by atoms with van der Waals surface area (Å²) in [5.74, 6) is 0.0413. The molecule has 2 aromatic rings. The molecule has 1 fully saturated rings. The summed E-state index contributed by atoms with van der Waals surface area (Å²) in [4.78, 5) is 23.8. The van der Waals surface area contributed by atoms with Gasteiger partial charge >= 0.3 is 0 Å². The molecule has 1 atom stereocenters. The number of pyridine rings is 1. The Bertz CT molecular complexity index is 678. The molecular formula is C16H22Cl2N4OS. The van der Waals surface area contributed by atoms with Crippen LogP contribution in [-0.4, -0.2) is 39.9 Å². The lowest BCUT2D eigenvalue weighted by Crippen LogP contribution is -2.53. The summed E-state index contributed by atoms with van der Waals surface area (Å²) >= 11 is 1.39. The molecule has 0 saturated carbocycles. The first kappa shape index (κ1) is 20.8. The molecule has 2 aromatic heterocycles. The fourth-order valence-corrected chi connectivity index (χ4v) is 3.54. The second kappa shape index (κ2) is 8.25. The molecule has 5 nitrogen and oxygen atoms in total. The zero-order valence-electron chi connectivity index (χ0n) is 13.6. The molecule has 24 heavy (non-hydrogen) atoms. The van der Waals surface area contributed by atoms with E-state index in [0.717, 1.165) is 17.1 Å². The Hall–Kier alpha value is -1.21. The minimum Gasteiger partial charge on any atom is -0.337 e. The van der Waals surface area contributed by atoms with E-state index in [9.17, 15) is 4.79 Å². The van der Waals surface area contributed by atoms with Gasteiger partial charge < -0.3 is 10.6 Å². The van der Waals surface area contributed by atoms with Gasteiger partial charge in [-0.3, -0.25) is 9.78 Å². The normalized spacial score (nSPS) is 19.1. The van der Waals surface area contributed by atoms with Gasteiger partial charge in [0.05, 0.1) is 11.9 Å². The van der Waals surface area contributed by atoms with Crippen molar-refractivity contribution < 1.29 is 4.79 Å². The molecule has 1 amide bonds. The molecule has 0 aliphatic carbocycles. The third kappa shape index (κ3) is 4.25. The number of nitrogens with two attached hydrogens (primary N) is 1. The summed E-state index contributed by atoms with van der Waals surface area (Å²) in [7, 11) is 0. The van der Waals surface area contributed by atoms with Crippen molar-refractivity contribution in [2.24, 2.45) is 11.1 Å². The summed E-state index contributed by atoms with van der Waals surface area (Å²) < 4.78 is 0.